The van der Waals surface area contributed by atoms with E-state index in [-0.39, 0.29) is 23.9 Å². The molecule has 1 rings (SSSR count). The van der Waals surface area contributed by atoms with Gasteiger partial charge >= 0.3 is 6.03 Å². The van der Waals surface area contributed by atoms with Gasteiger partial charge in [0.2, 0.25) is 5.91 Å². The summed E-state index contributed by atoms with van der Waals surface area (Å²) in [5, 5.41) is 10.8. The summed E-state index contributed by atoms with van der Waals surface area (Å²) < 4.78 is 0. The van der Waals surface area contributed by atoms with Crippen LogP contribution in [0.4, 0.5) is 4.79 Å². The van der Waals surface area contributed by atoms with Crippen LogP contribution in [-0.4, -0.2) is 37.0 Å². The molecular formula is C16H24N4O3. The Labute approximate surface area is 136 Å². The van der Waals surface area contributed by atoms with Crippen LogP contribution in [0.1, 0.15) is 36.7 Å². The first kappa shape index (κ1) is 18.5. The van der Waals surface area contributed by atoms with Gasteiger partial charge in [-0.1, -0.05) is 12.1 Å². The second kappa shape index (κ2) is 9.45. The number of amides is 4. The highest BCUT2D eigenvalue weighted by molar-refractivity contribution is 5.94. The number of carbonyl (C=O) groups is 3. The van der Waals surface area contributed by atoms with Crippen molar-refractivity contribution < 1.29 is 14.4 Å². The first-order valence-corrected chi connectivity index (χ1v) is 7.54. The number of hydrogen-bond donors (Lipinski definition) is 4. The smallest absolute Gasteiger partial charge is 0.315 e. The van der Waals surface area contributed by atoms with Crippen LogP contribution < -0.4 is 21.3 Å². The average molecular weight is 320 g/mol. The molecule has 0 spiro atoms. The molecule has 0 saturated heterocycles. The summed E-state index contributed by atoms with van der Waals surface area (Å²) in [7, 11) is 0. The monoisotopic (exact) mass is 320 g/mol. The molecule has 0 fully saturated rings. The molecule has 1 aromatic rings. The number of nitrogens with one attached hydrogen (secondary N) is 4. The lowest BCUT2D eigenvalue weighted by Crippen LogP contribution is -2.39. The molecule has 0 aliphatic rings. The van der Waals surface area contributed by atoms with Gasteiger partial charge in [0.15, 0.2) is 0 Å². The van der Waals surface area contributed by atoms with Gasteiger partial charge in [-0.25, -0.2) is 4.79 Å². The highest BCUT2D eigenvalue weighted by atomic mass is 16.2. The Balaban J connectivity index is 2.39. The zero-order chi connectivity index (χ0) is 17.2. The third kappa shape index (κ3) is 7.85. The van der Waals surface area contributed by atoms with Crippen molar-refractivity contribution in [1.29, 1.82) is 0 Å². The standard InChI is InChI=1S/C16H24N4O3/c1-11(2)20-16(23)19-10-13-4-6-14(7-5-13)15(22)18-9-8-17-12(3)21/h4-7,11H,8-10H2,1-3H3,(H,17,21)(H,18,22)(H2,19,20,23). The van der Waals surface area contributed by atoms with Gasteiger partial charge in [0.1, 0.15) is 0 Å². The van der Waals surface area contributed by atoms with Crippen LogP contribution >= 0.6 is 0 Å². The first-order valence-electron chi connectivity index (χ1n) is 7.54. The molecular weight excluding hydrogens is 296 g/mol. The molecule has 0 radical (unpaired) electrons. The average Bonchev–Trinajstić information content (AvgIpc) is 2.49. The first-order chi connectivity index (χ1) is 10.9. The van der Waals surface area contributed by atoms with Crippen LogP contribution in [0.3, 0.4) is 0 Å². The SMILES string of the molecule is CC(=O)NCCNC(=O)c1ccc(CNC(=O)NC(C)C)cc1. The van der Waals surface area contributed by atoms with Gasteiger partial charge in [-0.15, -0.1) is 0 Å². The van der Waals surface area contributed by atoms with Crippen LogP contribution in [-0.2, 0) is 11.3 Å². The summed E-state index contributed by atoms with van der Waals surface area (Å²) >= 11 is 0. The zero-order valence-corrected chi connectivity index (χ0v) is 13.7. The molecule has 4 N–H and O–H groups in total. The van der Waals surface area contributed by atoms with E-state index < -0.39 is 0 Å². The minimum Gasteiger partial charge on any atom is -0.355 e. The quantitative estimate of drug-likeness (QED) is 0.558. The maximum Gasteiger partial charge on any atom is 0.315 e. The van der Waals surface area contributed by atoms with E-state index in [1.165, 1.54) is 6.92 Å². The van der Waals surface area contributed by atoms with Crippen molar-refractivity contribution in [2.24, 2.45) is 0 Å². The summed E-state index contributed by atoms with van der Waals surface area (Å²) in [4.78, 5) is 34.1. The normalized spacial score (nSPS) is 10.1. The van der Waals surface area contributed by atoms with Crippen LogP contribution in [0.5, 0.6) is 0 Å². The predicted molar refractivity (Wildman–Crippen MR) is 88.0 cm³/mol. The van der Waals surface area contributed by atoms with Gasteiger partial charge in [-0.05, 0) is 31.5 Å². The number of urea groups is 1. The van der Waals surface area contributed by atoms with Crippen LogP contribution in [0.15, 0.2) is 24.3 Å². The molecule has 0 bridgehead atoms. The molecule has 7 heteroatoms. The fourth-order valence-electron chi connectivity index (χ4n) is 1.79. The summed E-state index contributed by atoms with van der Waals surface area (Å²) in [6.07, 6.45) is 0. The Hall–Kier alpha value is -2.57. The van der Waals surface area contributed by atoms with Gasteiger partial charge in [0.05, 0.1) is 0 Å². The topological polar surface area (TPSA) is 99.3 Å². The van der Waals surface area contributed by atoms with Gasteiger partial charge in [-0.2, -0.15) is 0 Å². The third-order valence-electron chi connectivity index (χ3n) is 2.87. The van der Waals surface area contributed by atoms with Crippen molar-refractivity contribution in [1.82, 2.24) is 21.3 Å². The Morgan fingerprint density at radius 3 is 2.13 bits per heavy atom. The summed E-state index contributed by atoms with van der Waals surface area (Å²) in [5.74, 6) is -0.329. The Kier molecular flexibility index (Phi) is 7.59. The molecule has 0 aromatic heterocycles. The number of carbonyl (C=O) groups excluding carboxylic acids is 3. The second-order valence-corrected chi connectivity index (χ2v) is 5.42. The molecule has 0 aliphatic heterocycles. The molecule has 0 unspecified atom stereocenters. The van der Waals surface area contributed by atoms with Crippen LogP contribution in [0.2, 0.25) is 0 Å². The van der Waals surface area contributed by atoms with Gasteiger partial charge in [0.25, 0.3) is 5.91 Å². The van der Waals surface area contributed by atoms with E-state index >= 15 is 0 Å². The zero-order valence-electron chi connectivity index (χ0n) is 13.7. The van der Waals surface area contributed by atoms with E-state index in [0.29, 0.717) is 25.2 Å². The molecule has 4 amide bonds. The fourth-order valence-corrected chi connectivity index (χ4v) is 1.79. The highest BCUT2D eigenvalue weighted by Gasteiger charge is 2.06. The Morgan fingerprint density at radius 1 is 0.957 bits per heavy atom. The van der Waals surface area contributed by atoms with Crippen molar-refractivity contribution in [3.05, 3.63) is 35.4 Å². The Bertz CT molecular complexity index is 541. The van der Waals surface area contributed by atoms with Gasteiger partial charge < -0.3 is 21.3 Å². The van der Waals surface area contributed by atoms with E-state index in [1.54, 1.807) is 24.3 Å². The molecule has 1 aromatic carbocycles. The number of hydrogen-bond acceptors (Lipinski definition) is 3. The molecule has 0 heterocycles. The molecule has 7 nitrogen and oxygen atoms in total. The number of rotatable bonds is 7. The molecule has 23 heavy (non-hydrogen) atoms. The summed E-state index contributed by atoms with van der Waals surface area (Å²) in [5.41, 5.74) is 1.43. The van der Waals surface area contributed by atoms with Gasteiger partial charge in [0, 0.05) is 38.2 Å². The number of benzene rings is 1. The van der Waals surface area contributed by atoms with Crippen molar-refractivity contribution in [2.75, 3.05) is 13.1 Å². The van der Waals surface area contributed by atoms with Gasteiger partial charge in [-0.3, -0.25) is 9.59 Å². The van der Waals surface area contributed by atoms with E-state index in [9.17, 15) is 14.4 Å². The lowest BCUT2D eigenvalue weighted by atomic mass is 10.1. The van der Waals surface area contributed by atoms with Crippen LogP contribution in [0.25, 0.3) is 0 Å². The van der Waals surface area contributed by atoms with E-state index in [4.69, 9.17) is 0 Å². The molecule has 0 aliphatic carbocycles. The maximum atomic E-state index is 11.9. The van der Waals surface area contributed by atoms with E-state index in [1.807, 2.05) is 13.8 Å². The maximum absolute atomic E-state index is 11.9. The van der Waals surface area contributed by atoms with Crippen molar-refractivity contribution in [3.8, 4) is 0 Å². The third-order valence-corrected chi connectivity index (χ3v) is 2.87. The lowest BCUT2D eigenvalue weighted by Gasteiger charge is -2.10. The largest absolute Gasteiger partial charge is 0.355 e. The molecule has 126 valence electrons. The summed E-state index contributed by atoms with van der Waals surface area (Å²) in [6.45, 7) is 6.36. The van der Waals surface area contributed by atoms with E-state index in [0.717, 1.165) is 5.56 Å². The van der Waals surface area contributed by atoms with E-state index in [2.05, 4.69) is 21.3 Å². The predicted octanol–water partition coefficient (Wildman–Crippen LogP) is 0.760. The summed E-state index contributed by atoms with van der Waals surface area (Å²) in [6, 6.07) is 6.84. The highest BCUT2D eigenvalue weighted by Crippen LogP contribution is 2.04. The lowest BCUT2D eigenvalue weighted by molar-refractivity contribution is -0.118. The fraction of sp³-hybridized carbons (Fsp3) is 0.438. The second-order valence-electron chi connectivity index (χ2n) is 5.42. The van der Waals surface area contributed by atoms with Crippen molar-refractivity contribution in [3.63, 3.8) is 0 Å². The minimum atomic E-state index is -0.222. The van der Waals surface area contributed by atoms with Crippen molar-refractivity contribution >= 4 is 17.8 Å². The Morgan fingerprint density at radius 2 is 1.57 bits per heavy atom. The molecule has 0 saturated carbocycles. The van der Waals surface area contributed by atoms with Crippen LogP contribution in [0, 0.1) is 0 Å². The van der Waals surface area contributed by atoms with Crippen molar-refractivity contribution in [2.45, 2.75) is 33.4 Å². The minimum absolute atomic E-state index is 0.0820. The molecule has 0 atom stereocenters.